The number of aliphatic imine (C=N–C) groups is 1. The Morgan fingerprint density at radius 2 is 1.96 bits per heavy atom. The SMILES string of the molecule is CCNC(=NCCCC(=O)NC1CC1)NCCCCOCC.I. The average molecular weight is 440 g/mol. The first-order chi connectivity index (χ1) is 10.8. The molecule has 1 rings (SSSR count). The highest BCUT2D eigenvalue weighted by Crippen LogP contribution is 2.18. The third-order valence-corrected chi connectivity index (χ3v) is 3.33. The Kier molecular flexibility index (Phi) is 14.6. The van der Waals surface area contributed by atoms with E-state index in [1.807, 2.05) is 6.92 Å². The second-order valence-electron chi connectivity index (χ2n) is 5.54. The molecule has 1 aliphatic carbocycles. The highest BCUT2D eigenvalue weighted by molar-refractivity contribution is 14.0. The molecule has 7 heteroatoms. The number of amides is 1. The minimum atomic E-state index is 0. The number of unbranched alkanes of at least 4 members (excludes halogenated alkanes) is 1. The van der Waals surface area contributed by atoms with Crippen LogP contribution in [0.25, 0.3) is 0 Å². The number of rotatable bonds is 12. The summed E-state index contributed by atoms with van der Waals surface area (Å²) < 4.78 is 5.31. The molecule has 0 atom stereocenters. The monoisotopic (exact) mass is 440 g/mol. The van der Waals surface area contributed by atoms with Crippen molar-refractivity contribution in [3.8, 4) is 0 Å². The van der Waals surface area contributed by atoms with Crippen LogP contribution < -0.4 is 16.0 Å². The third-order valence-electron chi connectivity index (χ3n) is 3.33. The zero-order valence-electron chi connectivity index (χ0n) is 14.5. The summed E-state index contributed by atoms with van der Waals surface area (Å²) in [6.07, 6.45) is 5.76. The number of carbonyl (C=O) groups excluding carboxylic acids is 1. The van der Waals surface area contributed by atoms with E-state index in [4.69, 9.17) is 4.74 Å². The maximum absolute atomic E-state index is 11.6. The predicted octanol–water partition coefficient (Wildman–Crippen LogP) is 2.03. The largest absolute Gasteiger partial charge is 0.382 e. The van der Waals surface area contributed by atoms with Crippen molar-refractivity contribution < 1.29 is 9.53 Å². The summed E-state index contributed by atoms with van der Waals surface area (Å²) in [7, 11) is 0. The van der Waals surface area contributed by atoms with E-state index in [9.17, 15) is 4.79 Å². The number of hydrogen-bond acceptors (Lipinski definition) is 3. The average Bonchev–Trinajstić information content (AvgIpc) is 3.31. The fourth-order valence-electron chi connectivity index (χ4n) is 1.98. The molecule has 1 fully saturated rings. The zero-order chi connectivity index (χ0) is 16.0. The van der Waals surface area contributed by atoms with Crippen LogP contribution in [-0.4, -0.2) is 50.8 Å². The molecule has 1 amide bonds. The lowest BCUT2D eigenvalue weighted by Crippen LogP contribution is -2.38. The number of nitrogens with zero attached hydrogens (tertiary/aromatic N) is 1. The molecule has 0 aromatic rings. The van der Waals surface area contributed by atoms with Crippen LogP contribution in [0.2, 0.25) is 0 Å². The molecule has 0 saturated heterocycles. The Balaban J connectivity index is 0.00000484. The predicted molar refractivity (Wildman–Crippen MR) is 106 cm³/mol. The van der Waals surface area contributed by atoms with Crippen LogP contribution in [0, 0.1) is 0 Å². The van der Waals surface area contributed by atoms with E-state index < -0.39 is 0 Å². The van der Waals surface area contributed by atoms with Crippen LogP contribution in [-0.2, 0) is 9.53 Å². The number of guanidine groups is 1. The normalized spacial score (nSPS) is 14.1. The molecule has 0 aliphatic heterocycles. The fraction of sp³-hybridized carbons (Fsp3) is 0.875. The highest BCUT2D eigenvalue weighted by Gasteiger charge is 2.22. The number of nitrogens with one attached hydrogen (secondary N) is 3. The first-order valence-corrected chi connectivity index (χ1v) is 8.65. The molecule has 0 radical (unpaired) electrons. The molecule has 1 aliphatic rings. The second-order valence-corrected chi connectivity index (χ2v) is 5.54. The molecule has 1 saturated carbocycles. The van der Waals surface area contributed by atoms with Crippen LogP contribution in [0.4, 0.5) is 0 Å². The number of carbonyl (C=O) groups is 1. The van der Waals surface area contributed by atoms with Gasteiger partial charge in [-0.25, -0.2) is 0 Å². The lowest BCUT2D eigenvalue weighted by Gasteiger charge is -2.11. The van der Waals surface area contributed by atoms with Crippen molar-refractivity contribution in [2.45, 2.75) is 58.4 Å². The van der Waals surface area contributed by atoms with Gasteiger partial charge in [0, 0.05) is 45.3 Å². The van der Waals surface area contributed by atoms with Crippen molar-refractivity contribution in [2.24, 2.45) is 4.99 Å². The van der Waals surface area contributed by atoms with Crippen molar-refractivity contribution in [2.75, 3.05) is 32.8 Å². The minimum Gasteiger partial charge on any atom is -0.382 e. The van der Waals surface area contributed by atoms with E-state index in [-0.39, 0.29) is 29.9 Å². The van der Waals surface area contributed by atoms with Crippen LogP contribution >= 0.6 is 24.0 Å². The van der Waals surface area contributed by atoms with Crippen molar-refractivity contribution in [3.63, 3.8) is 0 Å². The summed E-state index contributed by atoms with van der Waals surface area (Å²) in [6.45, 7) is 8.07. The molecule has 136 valence electrons. The molecule has 0 spiro atoms. The van der Waals surface area contributed by atoms with E-state index in [1.54, 1.807) is 0 Å². The molecule has 0 unspecified atom stereocenters. The Bertz CT molecular complexity index is 336. The van der Waals surface area contributed by atoms with Gasteiger partial charge in [0.05, 0.1) is 0 Å². The van der Waals surface area contributed by atoms with E-state index in [0.717, 1.165) is 64.4 Å². The van der Waals surface area contributed by atoms with Gasteiger partial charge in [-0.3, -0.25) is 9.79 Å². The van der Waals surface area contributed by atoms with Crippen molar-refractivity contribution in [1.29, 1.82) is 0 Å². The van der Waals surface area contributed by atoms with Gasteiger partial charge in [-0.1, -0.05) is 0 Å². The fourth-order valence-corrected chi connectivity index (χ4v) is 1.98. The summed E-state index contributed by atoms with van der Waals surface area (Å²) in [5, 5.41) is 9.53. The van der Waals surface area contributed by atoms with Crippen LogP contribution in [0.3, 0.4) is 0 Å². The van der Waals surface area contributed by atoms with E-state index in [0.29, 0.717) is 19.0 Å². The Hall–Kier alpha value is -0.570. The first kappa shape index (κ1) is 22.4. The van der Waals surface area contributed by atoms with Gasteiger partial charge in [0.25, 0.3) is 0 Å². The van der Waals surface area contributed by atoms with Gasteiger partial charge >= 0.3 is 0 Å². The number of hydrogen-bond donors (Lipinski definition) is 3. The Morgan fingerprint density at radius 3 is 2.61 bits per heavy atom. The summed E-state index contributed by atoms with van der Waals surface area (Å²) >= 11 is 0. The first-order valence-electron chi connectivity index (χ1n) is 8.65. The lowest BCUT2D eigenvalue weighted by atomic mass is 10.3. The van der Waals surface area contributed by atoms with Gasteiger partial charge in [0.1, 0.15) is 0 Å². The smallest absolute Gasteiger partial charge is 0.220 e. The summed E-state index contributed by atoms with van der Waals surface area (Å²) in [6, 6.07) is 0.451. The molecule has 0 aromatic carbocycles. The van der Waals surface area contributed by atoms with Crippen LogP contribution in [0.1, 0.15) is 52.4 Å². The summed E-state index contributed by atoms with van der Waals surface area (Å²) in [4.78, 5) is 16.1. The number of halogens is 1. The lowest BCUT2D eigenvalue weighted by molar-refractivity contribution is -0.121. The van der Waals surface area contributed by atoms with Crippen LogP contribution in [0.15, 0.2) is 4.99 Å². The van der Waals surface area contributed by atoms with Gasteiger partial charge in [-0.15, -0.1) is 24.0 Å². The van der Waals surface area contributed by atoms with E-state index in [2.05, 4.69) is 27.9 Å². The summed E-state index contributed by atoms with van der Waals surface area (Å²) in [5.41, 5.74) is 0. The van der Waals surface area contributed by atoms with Crippen LogP contribution in [0.5, 0.6) is 0 Å². The van der Waals surface area contributed by atoms with Gasteiger partial charge in [0.15, 0.2) is 5.96 Å². The highest BCUT2D eigenvalue weighted by atomic mass is 127. The summed E-state index contributed by atoms with van der Waals surface area (Å²) in [5.74, 6) is 0.994. The minimum absolute atomic E-state index is 0. The van der Waals surface area contributed by atoms with Gasteiger partial charge in [-0.2, -0.15) is 0 Å². The molecule has 0 aromatic heterocycles. The third kappa shape index (κ3) is 13.6. The maximum Gasteiger partial charge on any atom is 0.220 e. The molecular weight excluding hydrogens is 407 g/mol. The number of ether oxygens (including phenoxy) is 1. The molecule has 3 N–H and O–H groups in total. The molecule has 6 nitrogen and oxygen atoms in total. The second kappa shape index (κ2) is 15.0. The Labute approximate surface area is 157 Å². The Morgan fingerprint density at radius 1 is 1.17 bits per heavy atom. The molecule has 23 heavy (non-hydrogen) atoms. The molecular formula is C16H33IN4O2. The van der Waals surface area contributed by atoms with Gasteiger partial charge in [0.2, 0.25) is 5.91 Å². The van der Waals surface area contributed by atoms with E-state index in [1.165, 1.54) is 0 Å². The van der Waals surface area contributed by atoms with Crippen molar-refractivity contribution >= 4 is 35.8 Å². The standard InChI is InChI=1S/C16H32N4O2.HI/c1-3-17-16(18-11-5-6-13-22-4-2)19-12-7-8-15(21)20-14-9-10-14;/h14H,3-13H2,1-2H3,(H,20,21)(H2,17,18,19);1H. The van der Waals surface area contributed by atoms with Gasteiger partial charge < -0.3 is 20.7 Å². The van der Waals surface area contributed by atoms with Gasteiger partial charge in [-0.05, 0) is 46.0 Å². The van der Waals surface area contributed by atoms with Crippen molar-refractivity contribution in [1.82, 2.24) is 16.0 Å². The molecule has 0 bridgehead atoms. The zero-order valence-corrected chi connectivity index (χ0v) is 16.9. The topological polar surface area (TPSA) is 74.8 Å². The molecule has 0 heterocycles. The maximum atomic E-state index is 11.6. The quantitative estimate of drug-likeness (QED) is 0.188. The van der Waals surface area contributed by atoms with Crippen molar-refractivity contribution in [3.05, 3.63) is 0 Å². The van der Waals surface area contributed by atoms with E-state index >= 15 is 0 Å².